The number of rotatable bonds is 4. The molecule has 1 unspecified atom stereocenters. The lowest BCUT2D eigenvalue weighted by molar-refractivity contribution is -0.121. The molecule has 0 saturated heterocycles. The molecule has 31 heavy (non-hydrogen) atoms. The van der Waals surface area contributed by atoms with Gasteiger partial charge in [-0.15, -0.1) is 0 Å². The van der Waals surface area contributed by atoms with E-state index in [0.29, 0.717) is 12.1 Å². The predicted molar refractivity (Wildman–Crippen MR) is 114 cm³/mol. The van der Waals surface area contributed by atoms with Crippen molar-refractivity contribution in [2.45, 2.75) is 20.3 Å². The van der Waals surface area contributed by atoms with E-state index in [2.05, 4.69) is 21.0 Å². The molecule has 7 nitrogen and oxygen atoms in total. The van der Waals surface area contributed by atoms with Gasteiger partial charge in [-0.1, -0.05) is 41.9 Å². The van der Waals surface area contributed by atoms with Crippen molar-refractivity contribution in [3.8, 4) is 11.3 Å². The van der Waals surface area contributed by atoms with Crippen molar-refractivity contribution in [3.05, 3.63) is 70.2 Å². The fourth-order valence-corrected chi connectivity index (χ4v) is 3.71. The molecule has 1 atom stereocenters. The minimum atomic E-state index is -0.603. The molecule has 3 aromatic rings. The van der Waals surface area contributed by atoms with Crippen LogP contribution in [0.5, 0.6) is 0 Å². The van der Waals surface area contributed by atoms with Gasteiger partial charge in [-0.25, -0.2) is 9.82 Å². The third-order valence-corrected chi connectivity index (χ3v) is 5.30. The summed E-state index contributed by atoms with van der Waals surface area (Å²) in [5.74, 6) is -0.994. The Morgan fingerprint density at radius 2 is 2.00 bits per heavy atom. The highest BCUT2D eigenvalue weighted by Gasteiger charge is 2.26. The Morgan fingerprint density at radius 3 is 2.68 bits per heavy atom. The number of hydrogen-bond acceptors (Lipinski definition) is 5. The number of hydrazone groups is 1. The number of benzene rings is 2. The van der Waals surface area contributed by atoms with Crippen LogP contribution >= 0.6 is 11.6 Å². The van der Waals surface area contributed by atoms with Gasteiger partial charge in [0.25, 0.3) is 5.91 Å². The third kappa shape index (κ3) is 4.06. The first-order valence-electron chi connectivity index (χ1n) is 9.54. The monoisotopic (exact) mass is 440 g/mol. The van der Waals surface area contributed by atoms with Crippen molar-refractivity contribution in [2.75, 3.05) is 5.32 Å². The molecule has 4 rings (SSSR count). The van der Waals surface area contributed by atoms with Crippen LogP contribution in [-0.2, 0) is 4.79 Å². The quantitative estimate of drug-likeness (QED) is 0.621. The molecule has 2 N–H and O–H groups in total. The molecule has 0 spiro atoms. The molecule has 0 fully saturated rings. The summed E-state index contributed by atoms with van der Waals surface area (Å²) in [6.45, 7) is 3.50. The summed E-state index contributed by atoms with van der Waals surface area (Å²) in [5.41, 5.74) is 4.76. The Bertz CT molecular complexity index is 1180. The number of nitrogens with one attached hydrogen (secondary N) is 2. The molecule has 0 radical (unpaired) electrons. The molecule has 9 heteroatoms. The van der Waals surface area contributed by atoms with E-state index >= 15 is 0 Å². The average Bonchev–Trinajstić information content (AvgIpc) is 3.10. The van der Waals surface area contributed by atoms with Crippen LogP contribution in [0, 0.1) is 18.7 Å². The minimum Gasteiger partial charge on any atom is -0.360 e. The average molecular weight is 441 g/mol. The van der Waals surface area contributed by atoms with E-state index in [-0.39, 0.29) is 39.4 Å². The lowest BCUT2D eigenvalue weighted by atomic mass is 9.94. The zero-order chi connectivity index (χ0) is 22.1. The van der Waals surface area contributed by atoms with Crippen LogP contribution < -0.4 is 10.7 Å². The van der Waals surface area contributed by atoms with Crippen LogP contribution in [0.4, 0.5) is 10.1 Å². The topological polar surface area (TPSA) is 96.6 Å². The number of aryl methyl sites for hydroxylation is 1. The van der Waals surface area contributed by atoms with Gasteiger partial charge in [0, 0.05) is 18.0 Å². The number of aromatic nitrogens is 1. The maximum Gasteiger partial charge on any atom is 0.261 e. The number of carbonyl (C=O) groups excluding carboxylic acids is 2. The van der Waals surface area contributed by atoms with E-state index in [0.717, 1.165) is 11.3 Å². The maximum atomic E-state index is 14.4. The molecule has 0 aliphatic carbocycles. The maximum absolute atomic E-state index is 14.4. The summed E-state index contributed by atoms with van der Waals surface area (Å²) >= 11 is 6.13. The molecular weight excluding hydrogens is 423 g/mol. The second-order valence-electron chi connectivity index (χ2n) is 7.23. The lowest BCUT2D eigenvalue weighted by Gasteiger charge is -2.19. The smallest absolute Gasteiger partial charge is 0.261 e. The standard InChI is InChI=1S/C22H18ClFN4O3/c1-11-10-17(29)26-27-20(11)13-6-8-14(9-7-13)25-22(30)18-12(2)31-28-21(18)19-15(23)4-3-5-16(19)24/h3-9,11H,10H2,1-2H3,(H,25,30)(H,26,29). The first kappa shape index (κ1) is 20.7. The first-order valence-corrected chi connectivity index (χ1v) is 9.91. The fourth-order valence-electron chi connectivity index (χ4n) is 3.45. The van der Waals surface area contributed by atoms with Crippen molar-refractivity contribution in [1.29, 1.82) is 0 Å². The first-order chi connectivity index (χ1) is 14.8. The van der Waals surface area contributed by atoms with E-state index in [1.165, 1.54) is 18.2 Å². The Kier molecular flexibility index (Phi) is 5.56. The zero-order valence-corrected chi connectivity index (χ0v) is 17.5. The van der Waals surface area contributed by atoms with Gasteiger partial charge in [-0.05, 0) is 36.8 Å². The predicted octanol–water partition coefficient (Wildman–Crippen LogP) is 4.55. The van der Waals surface area contributed by atoms with E-state index in [9.17, 15) is 14.0 Å². The largest absolute Gasteiger partial charge is 0.360 e. The summed E-state index contributed by atoms with van der Waals surface area (Å²) in [6.07, 6.45) is 0.367. The van der Waals surface area contributed by atoms with Gasteiger partial charge in [0.1, 0.15) is 22.8 Å². The number of anilines is 1. The Morgan fingerprint density at radius 1 is 1.26 bits per heavy atom. The second-order valence-corrected chi connectivity index (χ2v) is 7.63. The van der Waals surface area contributed by atoms with Gasteiger partial charge in [-0.3, -0.25) is 9.59 Å². The van der Waals surface area contributed by atoms with Gasteiger partial charge in [0.15, 0.2) is 0 Å². The Labute approximate surface area is 182 Å². The number of halogens is 2. The SMILES string of the molecule is Cc1onc(-c2c(F)cccc2Cl)c1C(=O)Nc1ccc(C2=NNC(=O)CC2C)cc1. The van der Waals surface area contributed by atoms with Crippen molar-refractivity contribution in [1.82, 2.24) is 10.6 Å². The van der Waals surface area contributed by atoms with Gasteiger partial charge >= 0.3 is 0 Å². The fraction of sp³-hybridized carbons (Fsp3) is 0.182. The molecule has 2 amide bonds. The summed E-state index contributed by atoms with van der Waals surface area (Å²) in [5, 5.41) is 10.9. The van der Waals surface area contributed by atoms with Crippen LogP contribution in [0.2, 0.25) is 5.02 Å². The normalized spacial score (nSPS) is 15.9. The highest BCUT2D eigenvalue weighted by Crippen LogP contribution is 2.33. The van der Waals surface area contributed by atoms with Crippen LogP contribution in [0.25, 0.3) is 11.3 Å². The van der Waals surface area contributed by atoms with Crippen LogP contribution in [0.1, 0.15) is 35.0 Å². The van der Waals surface area contributed by atoms with E-state index < -0.39 is 11.7 Å². The molecule has 2 heterocycles. The van der Waals surface area contributed by atoms with Crippen molar-refractivity contribution >= 4 is 34.8 Å². The third-order valence-electron chi connectivity index (χ3n) is 4.99. The zero-order valence-electron chi connectivity index (χ0n) is 16.7. The van der Waals surface area contributed by atoms with Crippen LogP contribution in [-0.4, -0.2) is 22.7 Å². The lowest BCUT2D eigenvalue weighted by Crippen LogP contribution is -2.31. The molecule has 1 aromatic heterocycles. The molecule has 0 bridgehead atoms. The summed E-state index contributed by atoms with van der Waals surface area (Å²) in [6, 6.07) is 11.3. The Balaban J connectivity index is 1.59. The van der Waals surface area contributed by atoms with Gasteiger partial charge < -0.3 is 9.84 Å². The summed E-state index contributed by atoms with van der Waals surface area (Å²) in [4.78, 5) is 24.4. The number of hydrogen-bond donors (Lipinski definition) is 2. The van der Waals surface area contributed by atoms with Gasteiger partial charge in [-0.2, -0.15) is 5.10 Å². The molecule has 0 saturated carbocycles. The van der Waals surface area contributed by atoms with Crippen LogP contribution in [0.3, 0.4) is 0 Å². The molecule has 1 aliphatic heterocycles. The van der Waals surface area contributed by atoms with E-state index in [1.807, 2.05) is 6.92 Å². The van der Waals surface area contributed by atoms with E-state index in [4.69, 9.17) is 16.1 Å². The van der Waals surface area contributed by atoms with Gasteiger partial charge in [0.2, 0.25) is 5.91 Å². The highest BCUT2D eigenvalue weighted by atomic mass is 35.5. The summed E-state index contributed by atoms with van der Waals surface area (Å²) < 4.78 is 19.5. The Hall–Kier alpha value is -3.52. The summed E-state index contributed by atoms with van der Waals surface area (Å²) in [7, 11) is 0. The molecule has 2 aromatic carbocycles. The van der Waals surface area contributed by atoms with Crippen molar-refractivity contribution in [2.24, 2.45) is 11.0 Å². The minimum absolute atomic E-state index is 0.00728. The van der Waals surface area contributed by atoms with Crippen molar-refractivity contribution in [3.63, 3.8) is 0 Å². The number of nitrogens with zero attached hydrogens (tertiary/aromatic N) is 2. The number of amides is 2. The second kappa shape index (κ2) is 8.31. The van der Waals surface area contributed by atoms with Crippen molar-refractivity contribution < 1.29 is 18.5 Å². The number of carbonyl (C=O) groups is 2. The molecular formula is C22H18ClFN4O3. The molecule has 158 valence electrons. The molecule has 1 aliphatic rings. The van der Waals surface area contributed by atoms with Crippen LogP contribution in [0.15, 0.2) is 52.1 Å². The highest BCUT2D eigenvalue weighted by molar-refractivity contribution is 6.33. The van der Waals surface area contributed by atoms with E-state index in [1.54, 1.807) is 31.2 Å². The van der Waals surface area contributed by atoms with Gasteiger partial charge in [0.05, 0.1) is 16.3 Å².